The van der Waals surface area contributed by atoms with Crippen molar-refractivity contribution in [3.05, 3.63) is 53.0 Å². The van der Waals surface area contributed by atoms with E-state index in [0.717, 1.165) is 17.4 Å². The Morgan fingerprint density at radius 3 is 2.86 bits per heavy atom. The first-order valence-electron chi connectivity index (χ1n) is 8.94. The number of para-hydroxylation sites is 2. The van der Waals surface area contributed by atoms with E-state index in [4.69, 9.17) is 9.47 Å². The second-order valence-corrected chi connectivity index (χ2v) is 7.41. The van der Waals surface area contributed by atoms with Crippen molar-refractivity contribution >= 4 is 39.1 Å². The van der Waals surface area contributed by atoms with Gasteiger partial charge in [-0.25, -0.2) is 13.8 Å². The molecule has 1 aliphatic rings. The number of amides is 1. The second-order valence-electron chi connectivity index (χ2n) is 6.32. The quantitative estimate of drug-likeness (QED) is 0.589. The highest BCUT2D eigenvalue weighted by Crippen LogP contribution is 2.36. The van der Waals surface area contributed by atoms with E-state index in [1.54, 1.807) is 31.2 Å². The van der Waals surface area contributed by atoms with Gasteiger partial charge in [0.15, 0.2) is 17.7 Å². The number of anilines is 1. The van der Waals surface area contributed by atoms with Gasteiger partial charge in [0.05, 0.1) is 35.5 Å². The molecule has 0 fully saturated rings. The molecule has 1 atom stereocenters. The second kappa shape index (κ2) is 7.75. The fraction of sp³-hybridized carbons (Fsp3) is 0.250. The third-order valence-electron chi connectivity index (χ3n) is 4.41. The van der Waals surface area contributed by atoms with Crippen LogP contribution in [-0.4, -0.2) is 29.6 Å². The summed E-state index contributed by atoms with van der Waals surface area (Å²) in [6.07, 6.45) is -1.26. The molecule has 1 unspecified atom stereocenters. The lowest BCUT2D eigenvalue weighted by atomic mass is 10.1. The summed E-state index contributed by atoms with van der Waals surface area (Å²) in [7, 11) is 0. The molecule has 6 nitrogen and oxygen atoms in total. The molecule has 0 aliphatic carbocycles. The fourth-order valence-corrected chi connectivity index (χ4v) is 4.10. The van der Waals surface area contributed by atoms with Crippen molar-refractivity contribution in [1.29, 1.82) is 0 Å². The van der Waals surface area contributed by atoms with Crippen LogP contribution in [0.1, 0.15) is 18.4 Å². The summed E-state index contributed by atoms with van der Waals surface area (Å²) in [5.74, 6) is -2.43. The zero-order valence-electron chi connectivity index (χ0n) is 15.4. The molecule has 3 aromatic rings. The number of thiazole rings is 1. The zero-order chi connectivity index (χ0) is 20.5. The molecule has 1 aromatic heterocycles. The van der Waals surface area contributed by atoms with Gasteiger partial charge in [-0.2, -0.15) is 0 Å². The smallest absolute Gasteiger partial charge is 0.310 e. The third kappa shape index (κ3) is 3.65. The molecule has 0 bridgehead atoms. The van der Waals surface area contributed by atoms with Crippen LogP contribution in [0.4, 0.5) is 14.5 Å². The molecule has 29 heavy (non-hydrogen) atoms. The Morgan fingerprint density at radius 1 is 1.28 bits per heavy atom. The van der Waals surface area contributed by atoms with Crippen molar-refractivity contribution < 1.29 is 27.8 Å². The summed E-state index contributed by atoms with van der Waals surface area (Å²) in [6, 6.07) is 9.32. The van der Waals surface area contributed by atoms with Crippen LogP contribution < -0.4 is 9.64 Å². The number of ether oxygens (including phenoxy) is 2. The highest BCUT2D eigenvalue weighted by molar-refractivity contribution is 7.18. The van der Waals surface area contributed by atoms with Gasteiger partial charge < -0.3 is 9.47 Å². The van der Waals surface area contributed by atoms with Crippen LogP contribution in [0.15, 0.2) is 36.4 Å². The van der Waals surface area contributed by atoms with Gasteiger partial charge in [0.25, 0.3) is 5.91 Å². The van der Waals surface area contributed by atoms with Crippen LogP contribution in [0.3, 0.4) is 0 Å². The summed E-state index contributed by atoms with van der Waals surface area (Å²) in [5.41, 5.74) is 0.837. The van der Waals surface area contributed by atoms with Crippen molar-refractivity contribution in [3.8, 4) is 5.75 Å². The summed E-state index contributed by atoms with van der Waals surface area (Å²) < 4.78 is 38.2. The molecule has 0 spiro atoms. The van der Waals surface area contributed by atoms with E-state index in [-0.39, 0.29) is 24.3 Å². The third-order valence-corrected chi connectivity index (χ3v) is 5.46. The Balaban J connectivity index is 1.67. The zero-order valence-corrected chi connectivity index (χ0v) is 16.2. The van der Waals surface area contributed by atoms with Crippen molar-refractivity contribution in [3.63, 3.8) is 0 Å². The minimum absolute atomic E-state index is 0.0406. The number of hydrogen-bond acceptors (Lipinski definition) is 6. The van der Waals surface area contributed by atoms with Gasteiger partial charge in [0, 0.05) is 0 Å². The topological polar surface area (TPSA) is 68.7 Å². The molecule has 2 aromatic carbocycles. The minimum Gasteiger partial charge on any atom is -0.478 e. The van der Waals surface area contributed by atoms with Gasteiger partial charge in [0.2, 0.25) is 0 Å². The van der Waals surface area contributed by atoms with Crippen molar-refractivity contribution in [1.82, 2.24) is 4.98 Å². The van der Waals surface area contributed by atoms with E-state index in [1.807, 2.05) is 0 Å². The first kappa shape index (κ1) is 19.3. The Bertz CT molecular complexity index is 1100. The van der Waals surface area contributed by atoms with E-state index in [0.29, 0.717) is 22.0 Å². The van der Waals surface area contributed by atoms with E-state index in [1.165, 1.54) is 11.0 Å². The molecular weight excluding hydrogens is 402 g/mol. The van der Waals surface area contributed by atoms with Crippen LogP contribution in [-0.2, 0) is 20.9 Å². The summed E-state index contributed by atoms with van der Waals surface area (Å²) >= 11 is 0.979. The predicted molar refractivity (Wildman–Crippen MR) is 103 cm³/mol. The molecule has 2 heterocycles. The molecule has 0 saturated carbocycles. The number of carbonyl (C=O) groups excluding carboxylic acids is 2. The SMILES string of the molecule is CCOC(=O)CC1Oc2ccccc2N(Cc2nc3ccc(F)c(F)c3s2)C1=O. The van der Waals surface area contributed by atoms with Crippen molar-refractivity contribution in [2.45, 2.75) is 26.0 Å². The normalized spacial score (nSPS) is 15.9. The number of halogens is 2. The monoisotopic (exact) mass is 418 g/mol. The molecular formula is C20H16F2N2O4S. The molecule has 9 heteroatoms. The number of hydrogen-bond donors (Lipinski definition) is 0. The number of fused-ring (bicyclic) bond motifs is 2. The van der Waals surface area contributed by atoms with Crippen LogP contribution in [0, 0.1) is 11.6 Å². The van der Waals surface area contributed by atoms with Gasteiger partial charge in [-0.05, 0) is 31.2 Å². The first-order chi connectivity index (χ1) is 14.0. The lowest BCUT2D eigenvalue weighted by molar-refractivity contribution is -0.147. The van der Waals surface area contributed by atoms with Crippen LogP contribution in [0.25, 0.3) is 10.2 Å². The number of benzene rings is 2. The largest absolute Gasteiger partial charge is 0.478 e. The number of nitrogens with zero attached hydrogens (tertiary/aromatic N) is 2. The standard InChI is InChI=1S/C20H16F2N2O4S/c1-2-27-17(25)9-15-20(26)24(13-5-3-4-6-14(13)28-15)10-16-23-12-8-7-11(21)18(22)19(12)29-16/h3-8,15H,2,9-10H2,1H3. The van der Waals surface area contributed by atoms with Gasteiger partial charge in [-0.15, -0.1) is 11.3 Å². The Hall–Kier alpha value is -3.07. The average molecular weight is 418 g/mol. The lowest BCUT2D eigenvalue weighted by Gasteiger charge is -2.33. The lowest BCUT2D eigenvalue weighted by Crippen LogP contribution is -2.46. The number of esters is 1. The Morgan fingerprint density at radius 2 is 2.07 bits per heavy atom. The number of carbonyl (C=O) groups is 2. The maximum atomic E-state index is 14.0. The minimum atomic E-state index is -1.03. The van der Waals surface area contributed by atoms with Crippen LogP contribution >= 0.6 is 11.3 Å². The average Bonchev–Trinajstić information content (AvgIpc) is 3.12. The van der Waals surface area contributed by atoms with Crippen molar-refractivity contribution in [2.75, 3.05) is 11.5 Å². The molecule has 1 amide bonds. The van der Waals surface area contributed by atoms with Crippen LogP contribution in [0.2, 0.25) is 0 Å². The Kier molecular flexibility index (Phi) is 5.14. The van der Waals surface area contributed by atoms with Crippen molar-refractivity contribution in [2.24, 2.45) is 0 Å². The summed E-state index contributed by atoms with van der Waals surface area (Å²) in [5, 5.41) is 0.435. The number of aromatic nitrogens is 1. The van der Waals surface area contributed by atoms with Gasteiger partial charge in [0.1, 0.15) is 10.8 Å². The molecule has 150 valence electrons. The van der Waals surface area contributed by atoms with E-state index in [9.17, 15) is 18.4 Å². The van der Waals surface area contributed by atoms with Gasteiger partial charge >= 0.3 is 5.97 Å². The molecule has 0 N–H and O–H groups in total. The van der Waals surface area contributed by atoms with E-state index in [2.05, 4.69) is 4.98 Å². The predicted octanol–water partition coefficient (Wildman–Crippen LogP) is 3.82. The maximum absolute atomic E-state index is 14.0. The van der Waals surface area contributed by atoms with Gasteiger partial charge in [-0.3, -0.25) is 14.5 Å². The highest BCUT2D eigenvalue weighted by atomic mass is 32.1. The molecule has 1 aliphatic heterocycles. The van der Waals surface area contributed by atoms with Crippen LogP contribution in [0.5, 0.6) is 5.75 Å². The summed E-state index contributed by atoms with van der Waals surface area (Å²) in [4.78, 5) is 30.6. The molecule has 4 rings (SSSR count). The molecule has 0 saturated heterocycles. The maximum Gasteiger partial charge on any atom is 0.310 e. The fourth-order valence-electron chi connectivity index (χ4n) is 3.12. The van der Waals surface area contributed by atoms with E-state index < -0.39 is 29.6 Å². The van der Waals surface area contributed by atoms with E-state index >= 15 is 0 Å². The summed E-state index contributed by atoms with van der Waals surface area (Å²) in [6.45, 7) is 1.92. The Labute approximate surface area is 168 Å². The highest BCUT2D eigenvalue weighted by Gasteiger charge is 2.36. The van der Waals surface area contributed by atoms with Gasteiger partial charge in [-0.1, -0.05) is 12.1 Å². The number of rotatable bonds is 5. The molecule has 0 radical (unpaired) electrons. The first-order valence-corrected chi connectivity index (χ1v) is 9.75.